The van der Waals surface area contributed by atoms with E-state index in [0.29, 0.717) is 29.0 Å². The third-order valence-corrected chi connectivity index (χ3v) is 7.84. The van der Waals surface area contributed by atoms with Crippen molar-refractivity contribution in [3.8, 4) is 10.6 Å². The van der Waals surface area contributed by atoms with E-state index in [4.69, 9.17) is 0 Å². The molecule has 1 amide bonds. The van der Waals surface area contributed by atoms with Crippen LogP contribution in [0.15, 0.2) is 89.1 Å². The summed E-state index contributed by atoms with van der Waals surface area (Å²) in [5.74, 6) is -0.298. The van der Waals surface area contributed by atoms with Gasteiger partial charge in [-0.05, 0) is 36.8 Å². The third kappa shape index (κ3) is 5.94. The van der Waals surface area contributed by atoms with Gasteiger partial charge in [0.2, 0.25) is 0 Å². The number of benzene rings is 3. The summed E-state index contributed by atoms with van der Waals surface area (Å²) in [7, 11) is -3.42. The maximum atomic E-state index is 12.5. The lowest BCUT2D eigenvalue weighted by Gasteiger charge is -2.07. The molecule has 7 heteroatoms. The first-order valence-corrected chi connectivity index (χ1v) is 13.1. The largest absolute Gasteiger partial charge is 0.352 e. The molecule has 33 heavy (non-hydrogen) atoms. The highest BCUT2D eigenvalue weighted by Gasteiger charge is 2.15. The average molecular weight is 477 g/mol. The zero-order valence-electron chi connectivity index (χ0n) is 18.2. The van der Waals surface area contributed by atoms with E-state index < -0.39 is 9.84 Å². The Morgan fingerprint density at radius 3 is 2.33 bits per heavy atom. The summed E-state index contributed by atoms with van der Waals surface area (Å²) in [4.78, 5) is 17.4. The Morgan fingerprint density at radius 2 is 1.64 bits per heavy atom. The lowest BCUT2D eigenvalue weighted by Crippen LogP contribution is -2.25. The van der Waals surface area contributed by atoms with E-state index in [-0.39, 0.29) is 11.7 Å². The van der Waals surface area contributed by atoms with E-state index >= 15 is 0 Å². The molecule has 4 aromatic rings. The Kier molecular flexibility index (Phi) is 7.01. The summed E-state index contributed by atoms with van der Waals surface area (Å²) in [6.45, 7) is 2.53. The van der Waals surface area contributed by atoms with Crippen LogP contribution in [0.1, 0.15) is 27.2 Å². The van der Waals surface area contributed by atoms with E-state index in [9.17, 15) is 13.2 Å². The number of carbonyl (C=O) groups excluding carboxylic acids is 1. The minimum atomic E-state index is -3.42. The van der Waals surface area contributed by atoms with Crippen molar-refractivity contribution in [2.75, 3.05) is 6.54 Å². The zero-order chi connectivity index (χ0) is 23.3. The maximum Gasteiger partial charge on any atom is 0.251 e. The molecular formula is C26H24N2O3S2. The minimum absolute atomic E-state index is 0.105. The molecule has 0 aliphatic carbocycles. The molecule has 0 saturated heterocycles. The second-order valence-electron chi connectivity index (χ2n) is 7.78. The van der Waals surface area contributed by atoms with Gasteiger partial charge in [0.25, 0.3) is 5.91 Å². The Hall–Kier alpha value is -3.29. The number of aryl methyl sites for hydroxylation is 1. The van der Waals surface area contributed by atoms with Gasteiger partial charge in [0, 0.05) is 29.5 Å². The molecule has 0 fully saturated rings. The predicted molar refractivity (Wildman–Crippen MR) is 132 cm³/mol. The topological polar surface area (TPSA) is 76.1 Å². The van der Waals surface area contributed by atoms with Crippen molar-refractivity contribution in [3.05, 3.63) is 107 Å². The molecular weight excluding hydrogens is 452 g/mol. The van der Waals surface area contributed by atoms with Gasteiger partial charge < -0.3 is 5.32 Å². The maximum absolute atomic E-state index is 12.5. The molecule has 1 heterocycles. The van der Waals surface area contributed by atoms with E-state index in [1.807, 2.05) is 5.38 Å². The Balaban J connectivity index is 1.30. The van der Waals surface area contributed by atoms with Crippen LogP contribution >= 0.6 is 11.3 Å². The van der Waals surface area contributed by atoms with Crippen molar-refractivity contribution in [2.45, 2.75) is 24.0 Å². The van der Waals surface area contributed by atoms with Crippen LogP contribution in [-0.2, 0) is 22.0 Å². The van der Waals surface area contributed by atoms with Crippen LogP contribution in [0, 0.1) is 6.92 Å². The number of nitrogens with one attached hydrogen (secondary N) is 1. The van der Waals surface area contributed by atoms with Gasteiger partial charge in [-0.1, -0.05) is 60.2 Å². The van der Waals surface area contributed by atoms with Crippen LogP contribution in [0.3, 0.4) is 0 Å². The molecule has 0 unspecified atom stereocenters. The van der Waals surface area contributed by atoms with Gasteiger partial charge in [-0.2, -0.15) is 0 Å². The van der Waals surface area contributed by atoms with Gasteiger partial charge in [-0.15, -0.1) is 11.3 Å². The van der Waals surface area contributed by atoms with Gasteiger partial charge >= 0.3 is 0 Å². The Labute approximate surface area is 198 Å². The minimum Gasteiger partial charge on any atom is -0.352 e. The molecule has 0 spiro atoms. The van der Waals surface area contributed by atoms with Crippen molar-refractivity contribution in [3.63, 3.8) is 0 Å². The molecule has 1 N–H and O–H groups in total. The summed E-state index contributed by atoms with van der Waals surface area (Å²) in [6.07, 6.45) is 0.640. The first-order valence-electron chi connectivity index (χ1n) is 10.6. The van der Waals surface area contributed by atoms with Crippen molar-refractivity contribution in [2.24, 2.45) is 0 Å². The molecule has 168 valence electrons. The fraction of sp³-hybridized carbons (Fsp3) is 0.154. The highest BCUT2D eigenvalue weighted by Crippen LogP contribution is 2.24. The quantitative estimate of drug-likeness (QED) is 0.385. The van der Waals surface area contributed by atoms with Crippen LogP contribution in [0.5, 0.6) is 0 Å². The fourth-order valence-electron chi connectivity index (χ4n) is 3.34. The lowest BCUT2D eigenvalue weighted by molar-refractivity contribution is 0.0954. The number of carbonyl (C=O) groups is 1. The smallest absolute Gasteiger partial charge is 0.251 e. The predicted octanol–water partition coefficient (Wildman–Crippen LogP) is 5.06. The highest BCUT2D eigenvalue weighted by atomic mass is 32.2. The highest BCUT2D eigenvalue weighted by molar-refractivity contribution is 7.90. The monoisotopic (exact) mass is 476 g/mol. The average Bonchev–Trinajstić information content (AvgIpc) is 3.29. The van der Waals surface area contributed by atoms with Crippen LogP contribution in [0.2, 0.25) is 0 Å². The molecule has 0 radical (unpaired) electrons. The number of thiazole rings is 1. The summed E-state index contributed by atoms with van der Waals surface area (Å²) >= 11 is 1.60. The van der Waals surface area contributed by atoms with Crippen molar-refractivity contribution < 1.29 is 13.2 Å². The van der Waals surface area contributed by atoms with Crippen molar-refractivity contribution in [1.29, 1.82) is 0 Å². The summed E-state index contributed by atoms with van der Waals surface area (Å²) < 4.78 is 25.0. The molecule has 5 nitrogen and oxygen atoms in total. The number of amides is 1. The van der Waals surface area contributed by atoms with Gasteiger partial charge in [0.15, 0.2) is 9.84 Å². The van der Waals surface area contributed by atoms with E-state index in [1.165, 1.54) is 5.56 Å². The van der Waals surface area contributed by atoms with Gasteiger partial charge in [-0.3, -0.25) is 4.79 Å². The molecule has 0 bridgehead atoms. The first kappa shape index (κ1) is 22.9. The third-order valence-electron chi connectivity index (χ3n) is 5.19. The molecule has 1 aromatic heterocycles. The summed E-state index contributed by atoms with van der Waals surface area (Å²) in [5.41, 5.74) is 4.38. The fourth-order valence-corrected chi connectivity index (χ4v) is 5.57. The van der Waals surface area contributed by atoms with Gasteiger partial charge in [0.05, 0.1) is 16.3 Å². The number of sulfone groups is 1. The summed E-state index contributed by atoms with van der Waals surface area (Å²) in [5, 5.41) is 5.89. The van der Waals surface area contributed by atoms with E-state index in [2.05, 4.69) is 41.5 Å². The zero-order valence-corrected chi connectivity index (χ0v) is 19.8. The van der Waals surface area contributed by atoms with Crippen LogP contribution in [-0.4, -0.2) is 25.9 Å². The Bertz CT molecular complexity index is 1330. The summed E-state index contributed by atoms with van der Waals surface area (Å²) in [6, 6.07) is 23.3. The molecule has 0 saturated carbocycles. The lowest BCUT2D eigenvalue weighted by atomic mass is 10.1. The standard InChI is InChI=1S/C26H24N2O3S2/c1-19-7-11-22(12-8-19)26-28-23(17-32-26)15-16-27-25(29)21-13-9-20(10-14-21)18-33(30,31)24-5-3-2-4-6-24/h2-14,17H,15-16,18H2,1H3,(H,27,29). The van der Waals surface area contributed by atoms with Gasteiger partial charge in [-0.25, -0.2) is 13.4 Å². The van der Waals surface area contributed by atoms with Crippen LogP contribution < -0.4 is 5.32 Å². The number of nitrogens with zero attached hydrogens (tertiary/aromatic N) is 1. The molecule has 0 aliphatic rings. The molecule has 0 atom stereocenters. The normalized spacial score (nSPS) is 11.3. The first-order chi connectivity index (χ1) is 15.9. The van der Waals surface area contributed by atoms with E-state index in [1.54, 1.807) is 65.9 Å². The number of aromatic nitrogens is 1. The Morgan fingerprint density at radius 1 is 0.939 bits per heavy atom. The SMILES string of the molecule is Cc1ccc(-c2nc(CCNC(=O)c3ccc(CS(=O)(=O)c4ccccc4)cc3)cs2)cc1. The molecule has 0 aliphatic heterocycles. The van der Waals surface area contributed by atoms with Crippen molar-refractivity contribution >= 4 is 27.1 Å². The molecule has 4 rings (SSSR count). The van der Waals surface area contributed by atoms with Crippen molar-refractivity contribution in [1.82, 2.24) is 10.3 Å². The molecule has 3 aromatic carbocycles. The van der Waals surface area contributed by atoms with Gasteiger partial charge in [0.1, 0.15) is 5.01 Å². The second kappa shape index (κ2) is 10.1. The van der Waals surface area contributed by atoms with Crippen LogP contribution in [0.4, 0.5) is 0 Å². The number of rotatable bonds is 8. The number of hydrogen-bond donors (Lipinski definition) is 1. The second-order valence-corrected chi connectivity index (χ2v) is 10.6. The van der Waals surface area contributed by atoms with E-state index in [0.717, 1.165) is 16.3 Å². The number of hydrogen-bond acceptors (Lipinski definition) is 5. The van der Waals surface area contributed by atoms with Crippen LogP contribution in [0.25, 0.3) is 10.6 Å².